The highest BCUT2D eigenvalue weighted by Gasteiger charge is 2.05. The Balaban J connectivity index is 1.94. The highest BCUT2D eigenvalue weighted by atomic mass is 79.9. The molecule has 0 spiro atoms. The highest BCUT2D eigenvalue weighted by Crippen LogP contribution is 2.06. The third-order valence-electron chi connectivity index (χ3n) is 2.33. The van der Waals surface area contributed by atoms with Crippen LogP contribution in [0.25, 0.3) is 0 Å². The lowest BCUT2D eigenvalue weighted by molar-refractivity contribution is 0.302. The number of hydrogen-bond donors (Lipinski definition) is 0. The Labute approximate surface area is 114 Å². The van der Waals surface area contributed by atoms with Crippen molar-refractivity contribution in [1.82, 2.24) is 24.8 Å². The van der Waals surface area contributed by atoms with Gasteiger partial charge in [-0.15, -0.1) is 0 Å². The normalized spacial score (nSPS) is 10.9. The molecule has 94 valence electrons. The Morgan fingerprint density at radius 3 is 1.89 bits per heavy atom. The van der Waals surface area contributed by atoms with E-state index in [2.05, 4.69) is 40.8 Å². The molecule has 0 N–H and O–H groups in total. The summed E-state index contributed by atoms with van der Waals surface area (Å²) < 4.78 is 0.885. The molecular weight excluding hydrogens is 294 g/mol. The van der Waals surface area contributed by atoms with Gasteiger partial charge in [-0.05, 0) is 35.5 Å². The largest absolute Gasteiger partial charge is 0.292 e. The van der Waals surface area contributed by atoms with Gasteiger partial charge in [-0.1, -0.05) is 0 Å². The minimum atomic E-state index is 0.671. The minimum Gasteiger partial charge on any atom is -0.292 e. The summed E-state index contributed by atoms with van der Waals surface area (Å²) in [6.07, 6.45) is 7.15. The van der Waals surface area contributed by atoms with Crippen molar-refractivity contribution in [3.8, 4) is 0 Å². The van der Waals surface area contributed by atoms with E-state index in [4.69, 9.17) is 0 Å². The number of aryl methyl sites for hydroxylation is 1. The molecule has 0 atom stereocenters. The molecule has 0 saturated heterocycles. The summed E-state index contributed by atoms with van der Waals surface area (Å²) in [6, 6.07) is 0. The first-order chi connectivity index (χ1) is 8.63. The smallest absolute Gasteiger partial charge is 0.142 e. The van der Waals surface area contributed by atoms with Crippen molar-refractivity contribution in [2.75, 3.05) is 7.05 Å². The third-order valence-corrected chi connectivity index (χ3v) is 2.74. The molecule has 2 aromatic rings. The Morgan fingerprint density at radius 1 is 0.944 bits per heavy atom. The zero-order valence-corrected chi connectivity index (χ0v) is 11.9. The molecule has 0 radical (unpaired) electrons. The highest BCUT2D eigenvalue weighted by molar-refractivity contribution is 9.10. The molecule has 2 heterocycles. The molecule has 0 saturated carbocycles. The standard InChI is InChI=1S/C12H14BrN5/c1-9-3-14-11(15-4-9)7-18(2)8-12-16-5-10(13)6-17-12/h3-6H,7-8H2,1-2H3. The van der Waals surface area contributed by atoms with E-state index in [1.54, 1.807) is 12.4 Å². The predicted molar refractivity (Wildman–Crippen MR) is 71.7 cm³/mol. The topological polar surface area (TPSA) is 54.8 Å². The first-order valence-electron chi connectivity index (χ1n) is 5.56. The van der Waals surface area contributed by atoms with Gasteiger partial charge in [0.1, 0.15) is 11.6 Å². The summed E-state index contributed by atoms with van der Waals surface area (Å²) in [7, 11) is 1.99. The van der Waals surface area contributed by atoms with Crippen molar-refractivity contribution in [3.05, 3.63) is 46.5 Å². The fourth-order valence-electron chi connectivity index (χ4n) is 1.46. The van der Waals surface area contributed by atoms with E-state index in [9.17, 15) is 0 Å². The van der Waals surface area contributed by atoms with Gasteiger partial charge in [-0.2, -0.15) is 0 Å². The van der Waals surface area contributed by atoms with E-state index in [1.165, 1.54) is 0 Å². The molecule has 18 heavy (non-hydrogen) atoms. The van der Waals surface area contributed by atoms with E-state index < -0.39 is 0 Å². The first kappa shape index (κ1) is 13.0. The van der Waals surface area contributed by atoms with E-state index in [0.29, 0.717) is 13.1 Å². The zero-order chi connectivity index (χ0) is 13.0. The molecule has 0 bridgehead atoms. The van der Waals surface area contributed by atoms with Crippen LogP contribution < -0.4 is 0 Å². The van der Waals surface area contributed by atoms with Crippen LogP contribution in [0, 0.1) is 6.92 Å². The van der Waals surface area contributed by atoms with E-state index in [-0.39, 0.29) is 0 Å². The van der Waals surface area contributed by atoms with Gasteiger partial charge in [-0.25, -0.2) is 19.9 Å². The molecule has 5 nitrogen and oxygen atoms in total. The van der Waals surface area contributed by atoms with Crippen LogP contribution in [0.1, 0.15) is 17.2 Å². The second-order valence-electron chi connectivity index (χ2n) is 4.17. The van der Waals surface area contributed by atoms with Gasteiger partial charge in [0.05, 0.1) is 17.6 Å². The maximum atomic E-state index is 4.27. The monoisotopic (exact) mass is 307 g/mol. The lowest BCUT2D eigenvalue weighted by Crippen LogP contribution is -2.20. The van der Waals surface area contributed by atoms with Crippen LogP contribution in [0.3, 0.4) is 0 Å². The molecule has 0 unspecified atom stereocenters. The van der Waals surface area contributed by atoms with E-state index >= 15 is 0 Å². The molecule has 2 aromatic heterocycles. The average molecular weight is 308 g/mol. The van der Waals surface area contributed by atoms with Crippen LogP contribution in [0.2, 0.25) is 0 Å². The van der Waals surface area contributed by atoms with Crippen LogP contribution in [0.4, 0.5) is 0 Å². The fraction of sp³-hybridized carbons (Fsp3) is 0.333. The lowest BCUT2D eigenvalue weighted by atomic mass is 10.4. The van der Waals surface area contributed by atoms with Crippen LogP contribution in [-0.4, -0.2) is 31.9 Å². The number of aromatic nitrogens is 4. The van der Waals surface area contributed by atoms with Crippen LogP contribution >= 0.6 is 15.9 Å². The Morgan fingerprint density at radius 2 is 1.39 bits per heavy atom. The second kappa shape index (κ2) is 5.97. The number of halogens is 1. The van der Waals surface area contributed by atoms with Crippen LogP contribution in [0.5, 0.6) is 0 Å². The summed E-state index contributed by atoms with van der Waals surface area (Å²) in [6.45, 7) is 3.33. The molecule has 0 aliphatic rings. The van der Waals surface area contributed by atoms with Crippen molar-refractivity contribution in [2.45, 2.75) is 20.0 Å². The van der Waals surface area contributed by atoms with Gasteiger partial charge in [-0.3, -0.25) is 4.90 Å². The maximum absolute atomic E-state index is 4.27. The number of rotatable bonds is 4. The van der Waals surface area contributed by atoms with Crippen molar-refractivity contribution in [1.29, 1.82) is 0 Å². The van der Waals surface area contributed by atoms with Gasteiger partial charge in [0.15, 0.2) is 0 Å². The third kappa shape index (κ3) is 3.82. The molecule has 0 aliphatic carbocycles. The zero-order valence-electron chi connectivity index (χ0n) is 10.3. The summed E-state index contributed by atoms with van der Waals surface area (Å²) in [5.41, 5.74) is 1.07. The second-order valence-corrected chi connectivity index (χ2v) is 5.08. The molecule has 6 heteroatoms. The number of nitrogens with zero attached hydrogens (tertiary/aromatic N) is 5. The van der Waals surface area contributed by atoms with Gasteiger partial charge >= 0.3 is 0 Å². The van der Waals surface area contributed by atoms with Crippen molar-refractivity contribution in [2.24, 2.45) is 0 Å². The number of hydrogen-bond acceptors (Lipinski definition) is 5. The van der Waals surface area contributed by atoms with Gasteiger partial charge in [0, 0.05) is 24.8 Å². The predicted octanol–water partition coefficient (Wildman–Crippen LogP) is 1.97. The van der Waals surface area contributed by atoms with Crippen molar-refractivity contribution >= 4 is 15.9 Å². The Bertz CT molecular complexity index is 449. The van der Waals surface area contributed by atoms with Gasteiger partial charge < -0.3 is 0 Å². The minimum absolute atomic E-state index is 0.671. The summed E-state index contributed by atoms with van der Waals surface area (Å²) >= 11 is 3.31. The average Bonchev–Trinajstić information content (AvgIpc) is 2.35. The summed E-state index contributed by atoms with van der Waals surface area (Å²) in [4.78, 5) is 19.1. The van der Waals surface area contributed by atoms with Gasteiger partial charge in [0.2, 0.25) is 0 Å². The SMILES string of the molecule is Cc1cnc(CN(C)Cc2ncc(Br)cn2)nc1. The fourth-order valence-corrected chi connectivity index (χ4v) is 1.67. The molecule has 0 aliphatic heterocycles. The maximum Gasteiger partial charge on any atom is 0.142 e. The first-order valence-corrected chi connectivity index (χ1v) is 6.35. The molecule has 0 amide bonds. The van der Waals surface area contributed by atoms with Gasteiger partial charge in [0.25, 0.3) is 0 Å². The van der Waals surface area contributed by atoms with Crippen molar-refractivity contribution in [3.63, 3.8) is 0 Å². The molecule has 0 fully saturated rings. The Hall–Kier alpha value is -1.40. The van der Waals surface area contributed by atoms with E-state index in [1.807, 2.05) is 26.4 Å². The van der Waals surface area contributed by atoms with Crippen molar-refractivity contribution < 1.29 is 0 Å². The van der Waals surface area contributed by atoms with Crippen LogP contribution in [-0.2, 0) is 13.1 Å². The lowest BCUT2D eigenvalue weighted by Gasteiger charge is -2.14. The quantitative estimate of drug-likeness (QED) is 0.864. The summed E-state index contributed by atoms with van der Waals surface area (Å²) in [5.74, 6) is 1.59. The van der Waals surface area contributed by atoms with Crippen LogP contribution in [0.15, 0.2) is 29.3 Å². The molecular formula is C12H14BrN5. The Kier molecular flexibility index (Phi) is 4.33. The molecule has 2 rings (SSSR count). The molecule has 0 aromatic carbocycles. The summed E-state index contributed by atoms with van der Waals surface area (Å²) in [5, 5.41) is 0. The van der Waals surface area contributed by atoms with E-state index in [0.717, 1.165) is 21.7 Å².